The topological polar surface area (TPSA) is 57.4 Å². The van der Waals surface area contributed by atoms with Crippen LogP contribution in [0.5, 0.6) is 0 Å². The molecule has 0 radical (unpaired) electrons. The fraction of sp³-hybridized carbons (Fsp3) is 0.462. The molecule has 0 spiro atoms. The summed E-state index contributed by atoms with van der Waals surface area (Å²) in [7, 11) is 0. The monoisotopic (exact) mass is 258 g/mol. The predicted molar refractivity (Wildman–Crippen MR) is 71.7 cm³/mol. The highest BCUT2D eigenvalue weighted by atomic mass is 32.1. The van der Waals surface area contributed by atoms with Crippen molar-refractivity contribution in [3.8, 4) is 6.07 Å². The average Bonchev–Trinajstić information content (AvgIpc) is 2.51. The summed E-state index contributed by atoms with van der Waals surface area (Å²) in [6.45, 7) is 3.17. The molecule has 0 saturated carbocycles. The van der Waals surface area contributed by atoms with E-state index in [9.17, 15) is 5.26 Å². The van der Waals surface area contributed by atoms with Crippen LogP contribution in [-0.4, -0.2) is 14.5 Å². The minimum atomic E-state index is 0.584. The second kappa shape index (κ2) is 4.21. The third-order valence-corrected chi connectivity index (χ3v) is 4.00. The summed E-state index contributed by atoms with van der Waals surface area (Å²) in [5, 5.41) is 9.41. The molecule has 0 saturated heterocycles. The Labute approximate surface area is 110 Å². The van der Waals surface area contributed by atoms with E-state index in [1.165, 1.54) is 6.42 Å². The lowest BCUT2D eigenvalue weighted by Gasteiger charge is -2.06. The molecule has 18 heavy (non-hydrogen) atoms. The van der Waals surface area contributed by atoms with Crippen LogP contribution in [0.2, 0.25) is 0 Å². The van der Waals surface area contributed by atoms with Crippen LogP contribution in [0.15, 0.2) is 6.33 Å². The number of aryl methyl sites for hydroxylation is 1. The van der Waals surface area contributed by atoms with Gasteiger partial charge in [-0.05, 0) is 25.2 Å². The molecule has 1 atom stereocenters. The standard InChI is InChI=1S/C13H14N4S/c1-8-3-2-4-17-10(5-8)9(6-14)11-12(17)13(18)16-7-15-11/h7-8H,2-5H2,1H3,(H,15,16,18). The first kappa shape index (κ1) is 11.4. The number of hydrogen-bond donors (Lipinski definition) is 1. The lowest BCUT2D eigenvalue weighted by atomic mass is 10.00. The minimum Gasteiger partial charge on any atom is -0.343 e. The third kappa shape index (κ3) is 1.57. The largest absolute Gasteiger partial charge is 0.343 e. The Kier molecular flexibility index (Phi) is 2.67. The van der Waals surface area contributed by atoms with Crippen LogP contribution in [0.3, 0.4) is 0 Å². The fourth-order valence-corrected chi connectivity index (χ4v) is 3.12. The highest BCUT2D eigenvalue weighted by Gasteiger charge is 2.22. The van der Waals surface area contributed by atoms with E-state index < -0.39 is 0 Å². The normalized spacial score (nSPS) is 19.2. The molecule has 0 bridgehead atoms. The molecule has 3 heterocycles. The Bertz CT molecular complexity index is 704. The SMILES string of the molecule is CC1CCCn2c(c(C#N)c3[nH]cnc(=S)c32)C1. The molecular formula is C13H14N4S. The van der Waals surface area contributed by atoms with Crippen molar-refractivity contribution in [2.45, 2.75) is 32.7 Å². The van der Waals surface area contributed by atoms with Crippen LogP contribution in [0.4, 0.5) is 0 Å². The Balaban J connectivity index is 2.41. The molecule has 1 unspecified atom stereocenters. The van der Waals surface area contributed by atoms with Crippen molar-refractivity contribution in [1.29, 1.82) is 5.26 Å². The fourth-order valence-electron chi connectivity index (χ4n) is 2.86. The van der Waals surface area contributed by atoms with Crippen molar-refractivity contribution in [2.75, 3.05) is 0 Å². The van der Waals surface area contributed by atoms with Crippen molar-refractivity contribution in [3.05, 3.63) is 22.2 Å². The number of aromatic nitrogens is 3. The Morgan fingerprint density at radius 3 is 3.22 bits per heavy atom. The van der Waals surface area contributed by atoms with Gasteiger partial charge in [0, 0.05) is 12.2 Å². The summed E-state index contributed by atoms with van der Waals surface area (Å²) in [5.74, 6) is 0.615. The van der Waals surface area contributed by atoms with E-state index in [1.54, 1.807) is 6.33 Å². The van der Waals surface area contributed by atoms with E-state index in [1.807, 2.05) is 0 Å². The van der Waals surface area contributed by atoms with Crippen molar-refractivity contribution < 1.29 is 0 Å². The first-order valence-electron chi connectivity index (χ1n) is 6.21. The number of rotatable bonds is 0. The molecule has 92 valence electrons. The summed E-state index contributed by atoms with van der Waals surface area (Å²) in [4.78, 5) is 7.22. The molecule has 4 nitrogen and oxygen atoms in total. The molecule has 1 aliphatic heterocycles. The van der Waals surface area contributed by atoms with Crippen LogP contribution in [0.25, 0.3) is 11.0 Å². The highest BCUT2D eigenvalue weighted by Crippen LogP contribution is 2.30. The first-order valence-corrected chi connectivity index (χ1v) is 6.62. The van der Waals surface area contributed by atoms with Crippen molar-refractivity contribution in [3.63, 3.8) is 0 Å². The number of hydrogen-bond acceptors (Lipinski definition) is 3. The number of aromatic amines is 1. The van der Waals surface area contributed by atoms with Gasteiger partial charge in [-0.15, -0.1) is 0 Å². The first-order chi connectivity index (χ1) is 8.72. The number of nitrogens with zero attached hydrogens (tertiary/aromatic N) is 3. The summed E-state index contributed by atoms with van der Waals surface area (Å²) in [6.07, 6.45) is 4.85. The molecular weight excluding hydrogens is 244 g/mol. The van der Waals surface area contributed by atoms with Crippen LogP contribution in [0.1, 0.15) is 31.0 Å². The van der Waals surface area contributed by atoms with Gasteiger partial charge in [-0.25, -0.2) is 4.98 Å². The zero-order valence-electron chi connectivity index (χ0n) is 10.2. The van der Waals surface area contributed by atoms with Crippen LogP contribution >= 0.6 is 12.2 Å². The maximum atomic E-state index is 9.41. The van der Waals surface area contributed by atoms with Gasteiger partial charge < -0.3 is 9.55 Å². The zero-order chi connectivity index (χ0) is 12.7. The lowest BCUT2D eigenvalue weighted by molar-refractivity contribution is 0.522. The van der Waals surface area contributed by atoms with E-state index >= 15 is 0 Å². The third-order valence-electron chi connectivity index (χ3n) is 3.70. The van der Waals surface area contributed by atoms with Gasteiger partial charge in [0.1, 0.15) is 11.6 Å². The maximum Gasteiger partial charge on any atom is 0.153 e. The van der Waals surface area contributed by atoms with Crippen LogP contribution in [0, 0.1) is 21.9 Å². The van der Waals surface area contributed by atoms with Gasteiger partial charge in [-0.2, -0.15) is 5.26 Å². The Morgan fingerprint density at radius 1 is 1.61 bits per heavy atom. The number of fused-ring (bicyclic) bond motifs is 3. The van der Waals surface area contributed by atoms with Gasteiger partial charge in [0.15, 0.2) is 4.64 Å². The molecule has 1 N–H and O–H groups in total. The van der Waals surface area contributed by atoms with Gasteiger partial charge in [0.05, 0.1) is 17.4 Å². The average molecular weight is 258 g/mol. The van der Waals surface area contributed by atoms with Crippen molar-refractivity contribution in [1.82, 2.24) is 14.5 Å². The van der Waals surface area contributed by atoms with Gasteiger partial charge in [-0.1, -0.05) is 19.1 Å². The molecule has 2 aromatic heterocycles. The molecule has 0 fully saturated rings. The van der Waals surface area contributed by atoms with Gasteiger partial charge in [-0.3, -0.25) is 0 Å². The summed E-state index contributed by atoms with van der Waals surface area (Å²) >= 11 is 5.31. The predicted octanol–water partition coefficient (Wildman–Crippen LogP) is 2.94. The summed E-state index contributed by atoms with van der Waals surface area (Å²) in [6, 6.07) is 2.33. The van der Waals surface area contributed by atoms with Gasteiger partial charge >= 0.3 is 0 Å². The van der Waals surface area contributed by atoms with Crippen molar-refractivity contribution in [2.24, 2.45) is 5.92 Å². The van der Waals surface area contributed by atoms with E-state index in [2.05, 4.69) is 27.5 Å². The van der Waals surface area contributed by atoms with Crippen molar-refractivity contribution >= 4 is 23.3 Å². The van der Waals surface area contributed by atoms with Gasteiger partial charge in [0.2, 0.25) is 0 Å². The van der Waals surface area contributed by atoms with E-state index in [0.29, 0.717) is 10.6 Å². The molecule has 0 aliphatic carbocycles. The maximum absolute atomic E-state index is 9.41. The van der Waals surface area contributed by atoms with Crippen LogP contribution < -0.4 is 0 Å². The van der Waals surface area contributed by atoms with Crippen LogP contribution in [-0.2, 0) is 13.0 Å². The number of H-pyrrole nitrogens is 1. The molecule has 3 rings (SSSR count). The second-order valence-electron chi connectivity index (χ2n) is 4.97. The summed E-state index contributed by atoms with van der Waals surface area (Å²) < 4.78 is 2.78. The van der Waals surface area contributed by atoms with E-state index in [-0.39, 0.29) is 0 Å². The molecule has 2 aromatic rings. The zero-order valence-corrected chi connectivity index (χ0v) is 11.0. The Morgan fingerprint density at radius 2 is 2.44 bits per heavy atom. The minimum absolute atomic E-state index is 0.584. The quantitative estimate of drug-likeness (QED) is 0.739. The summed E-state index contributed by atoms with van der Waals surface area (Å²) in [5.41, 5.74) is 3.63. The highest BCUT2D eigenvalue weighted by molar-refractivity contribution is 7.71. The van der Waals surface area contributed by atoms with Gasteiger partial charge in [0.25, 0.3) is 0 Å². The lowest BCUT2D eigenvalue weighted by Crippen LogP contribution is -2.03. The molecule has 0 amide bonds. The van der Waals surface area contributed by atoms with E-state index in [4.69, 9.17) is 12.2 Å². The molecule has 1 aliphatic rings. The van der Waals surface area contributed by atoms with E-state index in [0.717, 1.165) is 41.7 Å². The smallest absolute Gasteiger partial charge is 0.153 e. The second-order valence-corrected chi connectivity index (χ2v) is 5.35. The molecule has 0 aromatic carbocycles. The number of nitrogens with one attached hydrogen (secondary N) is 1. The number of nitriles is 1. The molecule has 5 heteroatoms. The Hall–Kier alpha value is -1.67.